The minimum absolute atomic E-state index is 0.0221. The molecule has 49 heavy (non-hydrogen) atoms. The van der Waals surface area contributed by atoms with Crippen molar-refractivity contribution in [1.29, 1.82) is 0 Å². The number of aromatic nitrogens is 4. The molecule has 0 spiro atoms. The molecule has 1 aromatic carbocycles. The van der Waals surface area contributed by atoms with Crippen LogP contribution in [0.3, 0.4) is 0 Å². The fourth-order valence-electron chi connectivity index (χ4n) is 7.22. The van der Waals surface area contributed by atoms with Crippen molar-refractivity contribution in [2.45, 2.75) is 90.8 Å². The molecule has 1 aliphatic carbocycles. The number of carbonyl (C=O) groups is 4. The molecule has 13 nitrogen and oxygen atoms in total. The Bertz CT molecular complexity index is 1900. The van der Waals surface area contributed by atoms with Crippen LogP contribution in [0.2, 0.25) is 0 Å². The second kappa shape index (κ2) is 14.1. The number of benzene rings is 1. The van der Waals surface area contributed by atoms with Gasteiger partial charge in [-0.1, -0.05) is 12.8 Å². The van der Waals surface area contributed by atoms with Gasteiger partial charge < -0.3 is 15.5 Å². The third-order valence-electron chi connectivity index (χ3n) is 9.64. The predicted molar refractivity (Wildman–Crippen MR) is 189 cm³/mol. The summed E-state index contributed by atoms with van der Waals surface area (Å²) in [5, 5.41) is 11.3. The molecular formula is C35H40BrN9O4. The minimum Gasteiger partial charge on any atom is -0.355 e. The Hall–Kier alpha value is -4.59. The highest BCUT2D eigenvalue weighted by Crippen LogP contribution is 2.59. The van der Waals surface area contributed by atoms with E-state index in [9.17, 15) is 19.2 Å². The van der Waals surface area contributed by atoms with Crippen molar-refractivity contribution in [2.75, 3.05) is 6.54 Å². The third kappa shape index (κ3) is 7.24. The Labute approximate surface area is 292 Å². The van der Waals surface area contributed by atoms with E-state index < -0.39 is 17.4 Å². The number of Topliss-reactive ketones (excluding diaryl/α,β-unsaturated/α-hetero) is 1. The zero-order chi connectivity index (χ0) is 34.9. The van der Waals surface area contributed by atoms with Crippen molar-refractivity contribution >= 4 is 61.7 Å². The van der Waals surface area contributed by atoms with Gasteiger partial charge in [-0.05, 0) is 91.9 Å². The van der Waals surface area contributed by atoms with Gasteiger partial charge in [0.05, 0.1) is 16.3 Å². The average molecular weight is 731 g/mol. The number of hydrogen-bond donors (Lipinski definition) is 2. The number of halogens is 1. The topological polar surface area (TPSA) is 164 Å². The molecule has 0 unspecified atom stereocenters. The van der Waals surface area contributed by atoms with E-state index in [2.05, 4.69) is 59.3 Å². The SMILES string of the molecule is C=N/C=C(\N=C(/C)Br)NC(=O)[C@@H]1C[C@]23CNC(=O)CCCCCCc4cc(-c5cnc(C)nc5)cc5c(C(C)=O)nn(c45)CC(=O)N1[C@@H]2C3. The zero-order valence-corrected chi connectivity index (χ0v) is 29.5. The van der Waals surface area contributed by atoms with E-state index in [4.69, 9.17) is 5.10 Å². The molecule has 3 atom stereocenters. The Kier molecular flexibility index (Phi) is 9.87. The van der Waals surface area contributed by atoms with Gasteiger partial charge in [-0.2, -0.15) is 5.10 Å². The molecule has 256 valence electrons. The van der Waals surface area contributed by atoms with E-state index in [1.165, 1.54) is 13.1 Å². The standard InChI is InChI=1S/C35H40BrN9O4/c1-20(46)32-26-12-24(25-15-38-22(3)39-16-25)11-23-9-7-5-6-8-10-30(47)40-19-35-13-27(34(49)42-29(17-37-4)41-21(2)36)45(28(35)14-35)31(48)18-44(43-32)33(23)26/h11-12,15-17,27-28H,4-10,13-14,18-19H2,1-3H3,(H,40,47)(H,42,49)/b29-17+,41-21+/t27-,28+,35-/m0/s1. The maximum absolute atomic E-state index is 14.4. The van der Waals surface area contributed by atoms with Crippen LogP contribution >= 0.6 is 15.9 Å². The maximum atomic E-state index is 14.4. The van der Waals surface area contributed by atoms with E-state index in [1.807, 2.05) is 13.0 Å². The number of nitrogens with zero attached hydrogens (tertiary/aromatic N) is 7. The molecule has 3 aromatic rings. The van der Waals surface area contributed by atoms with Gasteiger partial charge in [-0.3, -0.25) is 28.9 Å². The first-order chi connectivity index (χ1) is 23.5. The third-order valence-corrected chi connectivity index (χ3v) is 9.82. The first-order valence-corrected chi connectivity index (χ1v) is 17.4. The number of aliphatic imine (C=N–C) groups is 2. The molecule has 1 saturated carbocycles. The summed E-state index contributed by atoms with van der Waals surface area (Å²) in [6.45, 7) is 8.71. The summed E-state index contributed by atoms with van der Waals surface area (Å²) in [5.74, 6) is -0.103. The van der Waals surface area contributed by atoms with Gasteiger partial charge in [0.1, 0.15) is 24.1 Å². The van der Waals surface area contributed by atoms with Crippen molar-refractivity contribution < 1.29 is 19.2 Å². The minimum atomic E-state index is -0.817. The number of aryl methyl sites for hydroxylation is 2. The summed E-state index contributed by atoms with van der Waals surface area (Å²) >= 11 is 3.29. The van der Waals surface area contributed by atoms with Crippen LogP contribution < -0.4 is 10.6 Å². The van der Waals surface area contributed by atoms with Crippen LogP contribution in [-0.4, -0.2) is 78.1 Å². The lowest BCUT2D eigenvalue weighted by atomic mass is 9.96. The zero-order valence-electron chi connectivity index (χ0n) is 28.0. The van der Waals surface area contributed by atoms with Crippen LogP contribution in [0.4, 0.5) is 0 Å². The lowest BCUT2D eigenvalue weighted by Crippen LogP contribution is -2.48. The molecule has 3 aliphatic rings. The highest BCUT2D eigenvalue weighted by atomic mass is 79.9. The van der Waals surface area contributed by atoms with Crippen molar-refractivity contribution in [2.24, 2.45) is 15.4 Å². The lowest BCUT2D eigenvalue weighted by molar-refractivity contribution is -0.140. The quantitative estimate of drug-likeness (QED) is 0.280. The number of amides is 3. The van der Waals surface area contributed by atoms with E-state index >= 15 is 0 Å². The van der Waals surface area contributed by atoms with E-state index in [0.717, 1.165) is 47.9 Å². The molecule has 0 radical (unpaired) electrons. The number of nitrogens with one attached hydrogen (secondary N) is 2. The van der Waals surface area contributed by atoms with Gasteiger partial charge in [0.25, 0.3) is 0 Å². The number of piperidine rings is 1. The number of rotatable bonds is 6. The fraction of sp³-hybridized carbons (Fsp3) is 0.457. The molecule has 2 aromatic heterocycles. The Morgan fingerprint density at radius 1 is 1.08 bits per heavy atom. The van der Waals surface area contributed by atoms with Crippen LogP contribution in [0.5, 0.6) is 0 Å². The summed E-state index contributed by atoms with van der Waals surface area (Å²) in [6, 6.07) is 2.93. The summed E-state index contributed by atoms with van der Waals surface area (Å²) < 4.78 is 2.15. The average Bonchev–Trinajstić information content (AvgIpc) is 3.46. The number of ketones is 1. The molecule has 4 heterocycles. The highest BCUT2D eigenvalue weighted by molar-refractivity contribution is 9.18. The molecule has 3 amide bonds. The smallest absolute Gasteiger partial charge is 0.248 e. The molecule has 2 bridgehead atoms. The van der Waals surface area contributed by atoms with Crippen LogP contribution in [0.25, 0.3) is 22.0 Å². The second-order valence-corrected chi connectivity index (χ2v) is 14.3. The van der Waals surface area contributed by atoms with Crippen LogP contribution in [0.15, 0.2) is 46.5 Å². The van der Waals surface area contributed by atoms with Crippen LogP contribution in [0.1, 0.15) is 80.7 Å². The van der Waals surface area contributed by atoms with Gasteiger partial charge in [-0.15, -0.1) is 0 Å². The normalized spacial score (nSPS) is 23.5. The van der Waals surface area contributed by atoms with E-state index in [-0.39, 0.29) is 41.7 Å². The van der Waals surface area contributed by atoms with Crippen molar-refractivity contribution in [3.8, 4) is 11.1 Å². The highest BCUT2D eigenvalue weighted by Gasteiger charge is 2.67. The molecule has 1 saturated heterocycles. The maximum Gasteiger partial charge on any atom is 0.248 e. The van der Waals surface area contributed by atoms with Gasteiger partial charge >= 0.3 is 0 Å². The largest absolute Gasteiger partial charge is 0.355 e. The van der Waals surface area contributed by atoms with Gasteiger partial charge in [0.2, 0.25) is 17.7 Å². The first kappa shape index (κ1) is 34.3. The molecule has 2 N–H and O–H groups in total. The van der Waals surface area contributed by atoms with E-state index in [0.29, 0.717) is 48.1 Å². The lowest BCUT2D eigenvalue weighted by Gasteiger charge is -2.27. The van der Waals surface area contributed by atoms with Gasteiger partial charge in [0.15, 0.2) is 11.6 Å². The monoisotopic (exact) mass is 729 g/mol. The van der Waals surface area contributed by atoms with Gasteiger partial charge in [-0.25, -0.2) is 15.0 Å². The molecule has 14 heteroatoms. The summed E-state index contributed by atoms with van der Waals surface area (Å²) in [5.41, 5.74) is 3.21. The molecular weight excluding hydrogens is 690 g/mol. The Morgan fingerprint density at radius 3 is 2.51 bits per heavy atom. The van der Waals surface area contributed by atoms with Crippen molar-refractivity contribution in [3.63, 3.8) is 0 Å². The Balaban J connectivity index is 1.42. The second-order valence-electron chi connectivity index (χ2n) is 13.2. The molecule has 2 aliphatic heterocycles. The summed E-state index contributed by atoms with van der Waals surface area (Å²) in [7, 11) is 0. The van der Waals surface area contributed by atoms with Crippen molar-refractivity contribution in [1.82, 2.24) is 35.3 Å². The fourth-order valence-corrected chi connectivity index (χ4v) is 7.42. The molecule has 6 rings (SSSR count). The van der Waals surface area contributed by atoms with Gasteiger partial charge in [0, 0.05) is 54.7 Å². The number of hydrogen-bond acceptors (Lipinski definition) is 9. The van der Waals surface area contributed by atoms with E-state index in [1.54, 1.807) is 28.9 Å². The molecule has 2 fully saturated rings. The predicted octanol–water partition coefficient (Wildman–Crippen LogP) is 4.42. The van der Waals surface area contributed by atoms with Crippen LogP contribution in [0, 0.1) is 12.3 Å². The summed E-state index contributed by atoms with van der Waals surface area (Å²) in [4.78, 5) is 72.4. The van der Waals surface area contributed by atoms with Crippen molar-refractivity contribution in [3.05, 3.63) is 53.6 Å². The Morgan fingerprint density at radius 2 is 1.82 bits per heavy atom. The first-order valence-electron chi connectivity index (χ1n) is 16.6. The van der Waals surface area contributed by atoms with Crippen LogP contribution in [-0.2, 0) is 27.3 Å². The summed E-state index contributed by atoms with van der Waals surface area (Å²) in [6.07, 6.45) is 10.4. The number of carbonyl (C=O) groups excluding carboxylic acids is 4.